The smallest absolute Gasteiger partial charge is 0.255 e. The van der Waals surface area contributed by atoms with Gasteiger partial charge in [-0.2, -0.15) is 4.39 Å². The molecule has 4 rings (SSSR count). The van der Waals surface area contributed by atoms with Gasteiger partial charge in [-0.3, -0.25) is 4.79 Å². The van der Waals surface area contributed by atoms with Crippen LogP contribution in [0.3, 0.4) is 0 Å². The van der Waals surface area contributed by atoms with Gasteiger partial charge in [-0.25, -0.2) is 15.0 Å². The van der Waals surface area contributed by atoms with E-state index in [0.29, 0.717) is 28.5 Å². The molecule has 0 fully saturated rings. The predicted molar refractivity (Wildman–Crippen MR) is 126 cm³/mol. The molecule has 4 aromatic rings. The van der Waals surface area contributed by atoms with Crippen molar-refractivity contribution in [3.05, 3.63) is 90.1 Å². The molecule has 0 atom stereocenters. The van der Waals surface area contributed by atoms with Crippen LogP contribution in [0.1, 0.15) is 15.9 Å². The fourth-order valence-corrected chi connectivity index (χ4v) is 3.58. The summed E-state index contributed by atoms with van der Waals surface area (Å²) in [5.41, 5.74) is 3.77. The lowest BCUT2D eigenvalue weighted by atomic mass is 10.1. The highest BCUT2D eigenvalue weighted by Gasteiger charge is 2.14. The standard InChI is InChI=1S/C24H20FN5OS/c1-15-6-3-4-8-19(15)29-23(31)16-9-11-17(12-10-16)28-24-27-14-20(32-2)21(30-24)18-7-5-13-26-22(18)25/h3-14H,1-2H3,(H,29,31)(H,27,28,30). The van der Waals surface area contributed by atoms with Crippen LogP contribution in [0.4, 0.5) is 21.7 Å². The number of aromatic nitrogens is 3. The van der Waals surface area contributed by atoms with Crippen molar-refractivity contribution < 1.29 is 9.18 Å². The highest BCUT2D eigenvalue weighted by Crippen LogP contribution is 2.30. The van der Waals surface area contributed by atoms with Crippen LogP contribution in [0.2, 0.25) is 0 Å². The Kier molecular flexibility index (Phi) is 6.42. The van der Waals surface area contributed by atoms with E-state index in [1.54, 1.807) is 42.6 Å². The van der Waals surface area contributed by atoms with Crippen molar-refractivity contribution in [1.82, 2.24) is 15.0 Å². The van der Waals surface area contributed by atoms with E-state index in [9.17, 15) is 9.18 Å². The SMILES string of the molecule is CSc1cnc(Nc2ccc(C(=O)Nc3ccccc3C)cc2)nc1-c1cccnc1F. The zero-order valence-corrected chi connectivity index (χ0v) is 18.3. The lowest BCUT2D eigenvalue weighted by Crippen LogP contribution is -2.12. The van der Waals surface area contributed by atoms with Crippen LogP contribution in [0.5, 0.6) is 0 Å². The molecule has 0 saturated heterocycles. The maximum atomic E-state index is 14.2. The number of pyridine rings is 1. The third-order valence-electron chi connectivity index (χ3n) is 4.79. The number of hydrogen-bond acceptors (Lipinski definition) is 6. The molecule has 2 N–H and O–H groups in total. The van der Waals surface area contributed by atoms with Crippen molar-refractivity contribution in [2.45, 2.75) is 11.8 Å². The highest BCUT2D eigenvalue weighted by molar-refractivity contribution is 7.98. The fraction of sp³-hybridized carbons (Fsp3) is 0.0833. The lowest BCUT2D eigenvalue weighted by molar-refractivity contribution is 0.102. The number of benzene rings is 2. The van der Waals surface area contributed by atoms with Crippen LogP contribution in [-0.4, -0.2) is 27.1 Å². The average molecular weight is 446 g/mol. The molecule has 0 bridgehead atoms. The first-order valence-corrected chi connectivity index (χ1v) is 11.0. The molecular formula is C24H20FN5OS. The molecular weight excluding hydrogens is 425 g/mol. The predicted octanol–water partition coefficient (Wildman–Crippen LogP) is 5.70. The van der Waals surface area contributed by atoms with E-state index in [4.69, 9.17) is 0 Å². The normalized spacial score (nSPS) is 10.6. The van der Waals surface area contributed by atoms with Gasteiger partial charge in [-0.15, -0.1) is 11.8 Å². The summed E-state index contributed by atoms with van der Waals surface area (Å²) in [5, 5.41) is 6.02. The first kappa shape index (κ1) is 21.5. The van der Waals surface area contributed by atoms with E-state index in [0.717, 1.165) is 16.1 Å². The Morgan fingerprint density at radius 3 is 2.50 bits per heavy atom. The summed E-state index contributed by atoms with van der Waals surface area (Å²) >= 11 is 1.43. The molecule has 8 heteroatoms. The summed E-state index contributed by atoms with van der Waals surface area (Å²) in [6, 6.07) is 17.9. The molecule has 0 aliphatic rings. The summed E-state index contributed by atoms with van der Waals surface area (Å²) in [4.78, 5) is 25.8. The number of nitrogens with zero attached hydrogens (tertiary/aromatic N) is 3. The van der Waals surface area contributed by atoms with Gasteiger partial charge in [0, 0.05) is 29.3 Å². The Labute approximate surface area is 189 Å². The van der Waals surface area contributed by atoms with E-state index in [-0.39, 0.29) is 5.91 Å². The second-order valence-corrected chi connectivity index (χ2v) is 7.77. The molecule has 2 aromatic carbocycles. The molecule has 0 aliphatic carbocycles. The van der Waals surface area contributed by atoms with E-state index in [1.807, 2.05) is 37.4 Å². The average Bonchev–Trinajstić information content (AvgIpc) is 2.81. The Bertz CT molecular complexity index is 1260. The van der Waals surface area contributed by atoms with Crippen LogP contribution in [0.15, 0.2) is 78.0 Å². The van der Waals surface area contributed by atoms with Gasteiger partial charge in [0.05, 0.1) is 16.2 Å². The maximum absolute atomic E-state index is 14.2. The molecule has 0 spiro atoms. The zero-order valence-electron chi connectivity index (χ0n) is 17.5. The number of carbonyl (C=O) groups excluding carboxylic acids is 1. The van der Waals surface area contributed by atoms with Crippen LogP contribution in [-0.2, 0) is 0 Å². The molecule has 32 heavy (non-hydrogen) atoms. The fourth-order valence-electron chi connectivity index (χ4n) is 3.08. The summed E-state index contributed by atoms with van der Waals surface area (Å²) in [5.74, 6) is -0.463. The number of amides is 1. The number of halogens is 1. The Balaban J connectivity index is 1.52. The molecule has 0 saturated carbocycles. The first-order valence-electron chi connectivity index (χ1n) is 9.81. The number of thioether (sulfide) groups is 1. The van der Waals surface area contributed by atoms with Crippen molar-refractivity contribution in [3.63, 3.8) is 0 Å². The lowest BCUT2D eigenvalue weighted by Gasteiger charge is -2.11. The number of carbonyl (C=O) groups is 1. The Morgan fingerprint density at radius 1 is 1.00 bits per heavy atom. The monoisotopic (exact) mass is 445 g/mol. The molecule has 2 heterocycles. The van der Waals surface area contributed by atoms with Crippen LogP contribution < -0.4 is 10.6 Å². The topological polar surface area (TPSA) is 79.8 Å². The number of aryl methyl sites for hydroxylation is 1. The van der Waals surface area contributed by atoms with Gasteiger partial charge in [0.1, 0.15) is 0 Å². The van der Waals surface area contributed by atoms with Gasteiger partial charge < -0.3 is 10.6 Å². The van der Waals surface area contributed by atoms with Gasteiger partial charge in [0.2, 0.25) is 11.9 Å². The first-order chi connectivity index (χ1) is 15.5. The van der Waals surface area contributed by atoms with Crippen molar-refractivity contribution in [1.29, 1.82) is 0 Å². The van der Waals surface area contributed by atoms with E-state index < -0.39 is 5.95 Å². The van der Waals surface area contributed by atoms with E-state index in [2.05, 4.69) is 25.6 Å². The number of hydrogen-bond donors (Lipinski definition) is 2. The third kappa shape index (κ3) is 4.76. The van der Waals surface area contributed by atoms with Crippen LogP contribution in [0, 0.1) is 12.9 Å². The minimum absolute atomic E-state index is 0.194. The van der Waals surface area contributed by atoms with Crippen molar-refractivity contribution in [3.8, 4) is 11.3 Å². The Morgan fingerprint density at radius 2 is 1.78 bits per heavy atom. The summed E-state index contributed by atoms with van der Waals surface area (Å²) in [6.07, 6.45) is 4.92. The van der Waals surface area contributed by atoms with Crippen LogP contribution in [0.25, 0.3) is 11.3 Å². The van der Waals surface area contributed by atoms with Gasteiger partial charge >= 0.3 is 0 Å². The van der Waals surface area contributed by atoms with Crippen molar-refractivity contribution in [2.24, 2.45) is 0 Å². The maximum Gasteiger partial charge on any atom is 0.255 e. The molecule has 0 aliphatic heterocycles. The number of nitrogens with one attached hydrogen (secondary N) is 2. The summed E-state index contributed by atoms with van der Waals surface area (Å²) in [6.45, 7) is 1.94. The number of rotatable bonds is 6. The molecule has 0 unspecified atom stereocenters. The minimum atomic E-state index is -0.587. The summed E-state index contributed by atoms with van der Waals surface area (Å²) < 4.78 is 14.2. The van der Waals surface area contributed by atoms with Gasteiger partial charge in [-0.05, 0) is 61.2 Å². The van der Waals surface area contributed by atoms with E-state index in [1.165, 1.54) is 18.0 Å². The Hall–Kier alpha value is -3.78. The van der Waals surface area contributed by atoms with Gasteiger partial charge in [0.25, 0.3) is 5.91 Å². The summed E-state index contributed by atoms with van der Waals surface area (Å²) in [7, 11) is 0. The number of para-hydroxylation sites is 1. The highest BCUT2D eigenvalue weighted by atomic mass is 32.2. The molecule has 2 aromatic heterocycles. The third-order valence-corrected chi connectivity index (χ3v) is 5.52. The van der Waals surface area contributed by atoms with Gasteiger partial charge in [0.15, 0.2) is 0 Å². The largest absolute Gasteiger partial charge is 0.324 e. The second kappa shape index (κ2) is 9.57. The van der Waals surface area contributed by atoms with E-state index >= 15 is 0 Å². The quantitative estimate of drug-likeness (QED) is 0.293. The van der Waals surface area contributed by atoms with Crippen molar-refractivity contribution in [2.75, 3.05) is 16.9 Å². The number of anilines is 3. The molecule has 1 amide bonds. The molecule has 6 nitrogen and oxygen atoms in total. The minimum Gasteiger partial charge on any atom is -0.324 e. The molecule has 0 radical (unpaired) electrons. The van der Waals surface area contributed by atoms with Gasteiger partial charge in [-0.1, -0.05) is 18.2 Å². The molecule has 160 valence electrons. The zero-order chi connectivity index (χ0) is 22.5. The second-order valence-electron chi connectivity index (χ2n) is 6.92. The van der Waals surface area contributed by atoms with Crippen molar-refractivity contribution >= 4 is 35.0 Å². The van der Waals surface area contributed by atoms with Crippen LogP contribution >= 0.6 is 11.8 Å².